The first-order valence-corrected chi connectivity index (χ1v) is 6.00. The largest absolute Gasteiger partial charge is 0.359 e. The molecule has 1 N–H and O–H groups in total. The summed E-state index contributed by atoms with van der Waals surface area (Å²) in [7, 11) is 0. The number of aliphatic imine (C=N–C) groups is 1. The molecule has 0 saturated heterocycles. The number of carbonyl (C=O) groups excluding carboxylic acids is 1. The molecule has 2 heterocycles. The molecule has 1 aromatic carbocycles. The van der Waals surface area contributed by atoms with Crippen LogP contribution in [0.3, 0.4) is 0 Å². The van der Waals surface area contributed by atoms with Crippen LogP contribution in [0.15, 0.2) is 23.2 Å². The van der Waals surface area contributed by atoms with Crippen LogP contribution in [0.2, 0.25) is 0 Å². The summed E-state index contributed by atoms with van der Waals surface area (Å²) in [4.78, 5) is 28.4. The lowest BCUT2D eigenvalue weighted by Crippen LogP contribution is -2.41. The van der Waals surface area contributed by atoms with Crippen molar-refractivity contribution in [2.45, 2.75) is 12.5 Å². The van der Waals surface area contributed by atoms with Crippen molar-refractivity contribution < 1.29 is 9.72 Å². The Labute approximate surface area is 109 Å². The van der Waals surface area contributed by atoms with E-state index < -0.39 is 4.92 Å². The number of nitro groups is 1. The number of nitrogens with zero attached hydrogens (tertiary/aromatic N) is 3. The third-order valence-corrected chi connectivity index (χ3v) is 3.32. The van der Waals surface area contributed by atoms with Gasteiger partial charge in [0.15, 0.2) is 0 Å². The molecule has 1 aromatic rings. The third kappa shape index (κ3) is 2.03. The number of amides is 1. The number of nitrogens with one attached hydrogen (secondary N) is 1. The quantitative estimate of drug-likeness (QED) is 0.607. The maximum atomic E-state index is 11.8. The van der Waals surface area contributed by atoms with Gasteiger partial charge in [0.05, 0.1) is 35.3 Å². The van der Waals surface area contributed by atoms with Crippen molar-refractivity contribution in [1.29, 1.82) is 0 Å². The van der Waals surface area contributed by atoms with Gasteiger partial charge in [-0.1, -0.05) is 0 Å². The number of rotatable bonds is 1. The summed E-state index contributed by atoms with van der Waals surface area (Å²) in [5, 5.41) is 13.5. The second kappa shape index (κ2) is 4.34. The lowest BCUT2D eigenvalue weighted by molar-refractivity contribution is -0.384. The van der Waals surface area contributed by atoms with Crippen LogP contribution in [0.4, 0.5) is 17.1 Å². The van der Waals surface area contributed by atoms with Crippen LogP contribution >= 0.6 is 0 Å². The van der Waals surface area contributed by atoms with Gasteiger partial charge in [-0.25, -0.2) is 0 Å². The van der Waals surface area contributed by atoms with E-state index in [1.165, 1.54) is 12.1 Å². The second-order valence-electron chi connectivity index (χ2n) is 4.53. The zero-order valence-corrected chi connectivity index (χ0v) is 10.1. The van der Waals surface area contributed by atoms with Crippen molar-refractivity contribution in [3.63, 3.8) is 0 Å². The fraction of sp³-hybridized carbons (Fsp3) is 0.333. The van der Waals surface area contributed by atoms with E-state index in [4.69, 9.17) is 0 Å². The third-order valence-electron chi connectivity index (χ3n) is 3.32. The molecule has 3 rings (SSSR count). The monoisotopic (exact) mass is 260 g/mol. The summed E-state index contributed by atoms with van der Waals surface area (Å²) in [6, 6.07) is 4.47. The van der Waals surface area contributed by atoms with Gasteiger partial charge in [-0.3, -0.25) is 19.9 Å². The summed E-state index contributed by atoms with van der Waals surface area (Å²) in [5.74, 6) is -0.150. The molecule has 98 valence electrons. The minimum absolute atomic E-state index is 0.0248. The van der Waals surface area contributed by atoms with Crippen molar-refractivity contribution in [2.75, 3.05) is 23.3 Å². The standard InChI is InChI=1S/C12H12N4O3/c17-12-6-9-7-13-3-4-15(9)11-2-1-8(16(18)19)5-10(11)14-12/h1-2,5,7,9H,3-4,6H2,(H,14,17). The van der Waals surface area contributed by atoms with E-state index in [0.29, 0.717) is 25.2 Å². The van der Waals surface area contributed by atoms with E-state index in [1.54, 1.807) is 12.3 Å². The molecule has 2 aliphatic rings. The summed E-state index contributed by atoms with van der Waals surface area (Å²) >= 11 is 0. The Morgan fingerprint density at radius 2 is 2.32 bits per heavy atom. The van der Waals surface area contributed by atoms with Crippen LogP contribution in [0.5, 0.6) is 0 Å². The van der Waals surface area contributed by atoms with Gasteiger partial charge in [0.1, 0.15) is 0 Å². The van der Waals surface area contributed by atoms with E-state index in [1.807, 2.05) is 0 Å². The van der Waals surface area contributed by atoms with Crippen LogP contribution in [0, 0.1) is 10.1 Å². The van der Waals surface area contributed by atoms with Crippen LogP contribution in [-0.4, -0.2) is 36.2 Å². The van der Waals surface area contributed by atoms with Crippen LogP contribution in [-0.2, 0) is 4.79 Å². The summed E-state index contributed by atoms with van der Waals surface area (Å²) < 4.78 is 0. The van der Waals surface area contributed by atoms with Crippen molar-refractivity contribution in [1.82, 2.24) is 0 Å². The average Bonchev–Trinajstić information content (AvgIpc) is 2.53. The molecule has 0 aliphatic carbocycles. The molecule has 1 atom stereocenters. The predicted molar refractivity (Wildman–Crippen MR) is 70.8 cm³/mol. The van der Waals surface area contributed by atoms with Gasteiger partial charge in [-0.2, -0.15) is 0 Å². The van der Waals surface area contributed by atoms with E-state index in [9.17, 15) is 14.9 Å². The SMILES string of the molecule is O=C1CC2C=NCCN2c2ccc([N+](=O)[O-])cc2N1. The number of benzene rings is 1. The lowest BCUT2D eigenvalue weighted by atomic mass is 10.1. The van der Waals surface area contributed by atoms with Gasteiger partial charge in [0, 0.05) is 24.9 Å². The lowest BCUT2D eigenvalue weighted by Gasteiger charge is -2.31. The highest BCUT2D eigenvalue weighted by Crippen LogP contribution is 2.34. The van der Waals surface area contributed by atoms with Gasteiger partial charge < -0.3 is 10.2 Å². The molecule has 0 bridgehead atoms. The molecular weight excluding hydrogens is 248 g/mol. The van der Waals surface area contributed by atoms with Crippen molar-refractivity contribution in [2.24, 2.45) is 4.99 Å². The summed E-state index contributed by atoms with van der Waals surface area (Å²) in [6.07, 6.45) is 2.09. The normalized spacial score (nSPS) is 21.2. The van der Waals surface area contributed by atoms with Gasteiger partial charge in [0.2, 0.25) is 5.91 Å². The van der Waals surface area contributed by atoms with E-state index >= 15 is 0 Å². The zero-order valence-electron chi connectivity index (χ0n) is 10.1. The number of non-ortho nitro benzene ring substituents is 1. The summed E-state index contributed by atoms with van der Waals surface area (Å²) in [5.41, 5.74) is 1.28. The molecule has 19 heavy (non-hydrogen) atoms. The topological polar surface area (TPSA) is 87.8 Å². The maximum Gasteiger partial charge on any atom is 0.271 e. The molecule has 0 radical (unpaired) electrons. The van der Waals surface area contributed by atoms with Crippen LogP contribution in [0.1, 0.15) is 6.42 Å². The first-order valence-electron chi connectivity index (χ1n) is 6.00. The Balaban J connectivity index is 2.08. The fourth-order valence-electron chi connectivity index (χ4n) is 2.45. The fourth-order valence-corrected chi connectivity index (χ4v) is 2.45. The second-order valence-corrected chi connectivity index (χ2v) is 4.53. The first kappa shape index (κ1) is 11.6. The molecule has 0 saturated carbocycles. The Bertz CT molecular complexity index is 584. The van der Waals surface area contributed by atoms with Gasteiger partial charge in [-0.05, 0) is 6.07 Å². The molecule has 1 unspecified atom stereocenters. The Kier molecular flexibility index (Phi) is 2.66. The molecule has 0 spiro atoms. The molecule has 0 aromatic heterocycles. The predicted octanol–water partition coefficient (Wildman–Crippen LogP) is 1.20. The molecular formula is C12H12N4O3. The Hall–Kier alpha value is -2.44. The number of carbonyl (C=O) groups is 1. The van der Waals surface area contributed by atoms with Gasteiger partial charge in [-0.15, -0.1) is 0 Å². The van der Waals surface area contributed by atoms with Gasteiger partial charge >= 0.3 is 0 Å². The number of hydrogen-bond donors (Lipinski definition) is 1. The molecule has 1 amide bonds. The molecule has 7 heteroatoms. The highest BCUT2D eigenvalue weighted by molar-refractivity contribution is 6.00. The first-order chi connectivity index (χ1) is 9.15. The van der Waals surface area contributed by atoms with Crippen LogP contribution < -0.4 is 10.2 Å². The average molecular weight is 260 g/mol. The van der Waals surface area contributed by atoms with Crippen molar-refractivity contribution in [3.05, 3.63) is 28.3 Å². The Morgan fingerprint density at radius 3 is 3.11 bits per heavy atom. The molecule has 7 nitrogen and oxygen atoms in total. The molecule has 0 fully saturated rings. The van der Waals surface area contributed by atoms with Crippen molar-refractivity contribution in [3.8, 4) is 0 Å². The number of hydrogen-bond acceptors (Lipinski definition) is 5. The Morgan fingerprint density at radius 1 is 1.47 bits per heavy atom. The minimum atomic E-state index is -0.466. The zero-order chi connectivity index (χ0) is 13.4. The highest BCUT2D eigenvalue weighted by atomic mass is 16.6. The smallest absolute Gasteiger partial charge is 0.271 e. The van der Waals surface area contributed by atoms with Gasteiger partial charge in [0.25, 0.3) is 5.69 Å². The van der Waals surface area contributed by atoms with Crippen LogP contribution in [0.25, 0.3) is 0 Å². The number of fused-ring (bicyclic) bond motifs is 3. The summed E-state index contributed by atoms with van der Waals surface area (Å²) in [6.45, 7) is 1.38. The number of anilines is 2. The highest BCUT2D eigenvalue weighted by Gasteiger charge is 2.29. The number of nitro benzene ring substituents is 1. The molecule has 2 aliphatic heterocycles. The maximum absolute atomic E-state index is 11.8. The van der Waals surface area contributed by atoms with E-state index in [0.717, 1.165) is 5.69 Å². The van der Waals surface area contributed by atoms with E-state index in [2.05, 4.69) is 15.2 Å². The minimum Gasteiger partial charge on any atom is -0.359 e. The van der Waals surface area contributed by atoms with Crippen molar-refractivity contribution >= 4 is 29.2 Å². The van der Waals surface area contributed by atoms with E-state index in [-0.39, 0.29) is 17.6 Å².